The molecule has 0 atom stereocenters. The van der Waals surface area contributed by atoms with Crippen LogP contribution in [0.4, 0.5) is 0 Å². The van der Waals surface area contributed by atoms with Gasteiger partial charge in [-0.25, -0.2) is 13.1 Å². The van der Waals surface area contributed by atoms with Crippen molar-refractivity contribution in [1.82, 2.24) is 4.72 Å². The lowest BCUT2D eigenvalue weighted by Crippen LogP contribution is -2.49. The van der Waals surface area contributed by atoms with E-state index < -0.39 is 21.3 Å². The van der Waals surface area contributed by atoms with Crippen molar-refractivity contribution in [3.8, 4) is 0 Å². The summed E-state index contributed by atoms with van der Waals surface area (Å²) in [5.41, 5.74) is 4.58. The minimum Gasteiger partial charge on any atom is -0.381 e. The molecule has 2 rings (SSSR count). The maximum absolute atomic E-state index is 12.0. The predicted octanol–water partition coefficient (Wildman–Crippen LogP) is 0.308. The van der Waals surface area contributed by atoms with Crippen molar-refractivity contribution in [3.63, 3.8) is 0 Å². The van der Waals surface area contributed by atoms with Crippen LogP contribution in [0.5, 0.6) is 0 Å². The molecule has 3 N–H and O–H groups in total. The van der Waals surface area contributed by atoms with E-state index in [1.54, 1.807) is 11.4 Å². The van der Waals surface area contributed by atoms with E-state index in [1.807, 2.05) is 0 Å². The molecule has 0 unspecified atom stereocenters. The molecule has 1 aliphatic rings. The molecule has 106 valence electrons. The van der Waals surface area contributed by atoms with Crippen LogP contribution in [0.2, 0.25) is 0 Å². The van der Waals surface area contributed by atoms with Gasteiger partial charge in [-0.1, -0.05) is 6.07 Å². The van der Waals surface area contributed by atoms with Crippen LogP contribution >= 0.6 is 11.3 Å². The molecule has 6 nitrogen and oxygen atoms in total. The maximum Gasteiger partial charge on any atom is 0.250 e. The number of carbonyl (C=O) groups is 1. The molecular formula is C11H16N2O4S2. The highest BCUT2D eigenvalue weighted by Gasteiger charge is 2.39. The van der Waals surface area contributed by atoms with Gasteiger partial charge in [-0.3, -0.25) is 4.79 Å². The first-order valence-corrected chi connectivity index (χ1v) is 8.23. The molecule has 1 saturated heterocycles. The Morgan fingerprint density at radius 3 is 2.68 bits per heavy atom. The molecule has 1 aromatic rings. The molecule has 0 radical (unpaired) electrons. The van der Waals surface area contributed by atoms with Gasteiger partial charge < -0.3 is 10.5 Å². The van der Waals surface area contributed by atoms with Crippen LogP contribution in [0.25, 0.3) is 0 Å². The number of nitrogens with one attached hydrogen (secondary N) is 1. The molecule has 2 heterocycles. The first-order chi connectivity index (χ1) is 8.96. The van der Waals surface area contributed by atoms with Gasteiger partial charge in [0.15, 0.2) is 0 Å². The highest BCUT2D eigenvalue weighted by Crippen LogP contribution is 2.30. The standard InChI is InChI=1S/C11H16N2O4S2/c12-10(14)11(3-5-17-6-4-11)8-13-19(15,16)9-2-1-7-18-9/h1-2,7,13H,3-6,8H2,(H2,12,14). The van der Waals surface area contributed by atoms with Crippen molar-refractivity contribution in [3.05, 3.63) is 17.5 Å². The topological polar surface area (TPSA) is 98.5 Å². The van der Waals surface area contributed by atoms with Gasteiger partial charge in [-0.05, 0) is 24.3 Å². The summed E-state index contributed by atoms with van der Waals surface area (Å²) in [6.45, 7) is 0.860. The third kappa shape index (κ3) is 3.14. The van der Waals surface area contributed by atoms with E-state index in [1.165, 1.54) is 6.07 Å². The summed E-state index contributed by atoms with van der Waals surface area (Å²) in [7, 11) is -3.57. The molecule has 0 aromatic carbocycles. The van der Waals surface area contributed by atoms with Crippen molar-refractivity contribution in [1.29, 1.82) is 0 Å². The Kier molecular flexibility index (Phi) is 4.24. The molecule has 1 fully saturated rings. The number of rotatable bonds is 5. The van der Waals surface area contributed by atoms with Crippen molar-refractivity contribution < 1.29 is 17.9 Å². The third-order valence-electron chi connectivity index (χ3n) is 3.33. The highest BCUT2D eigenvalue weighted by molar-refractivity contribution is 7.91. The molecule has 0 saturated carbocycles. The normalized spacial score (nSPS) is 19.2. The minimum atomic E-state index is -3.57. The average Bonchev–Trinajstić information content (AvgIpc) is 2.92. The summed E-state index contributed by atoms with van der Waals surface area (Å²) < 4.78 is 31.9. The fourth-order valence-electron chi connectivity index (χ4n) is 1.99. The zero-order chi connectivity index (χ0) is 13.9. The first-order valence-electron chi connectivity index (χ1n) is 5.87. The van der Waals surface area contributed by atoms with Crippen LogP contribution in [-0.4, -0.2) is 34.1 Å². The SMILES string of the molecule is NC(=O)C1(CNS(=O)(=O)c2cccs2)CCOCC1. The van der Waals surface area contributed by atoms with Crippen LogP contribution in [0.3, 0.4) is 0 Å². The van der Waals surface area contributed by atoms with Gasteiger partial charge in [0.05, 0.1) is 5.41 Å². The second-order valence-corrected chi connectivity index (χ2v) is 7.46. The van der Waals surface area contributed by atoms with Crippen LogP contribution in [-0.2, 0) is 19.6 Å². The van der Waals surface area contributed by atoms with E-state index in [9.17, 15) is 13.2 Å². The quantitative estimate of drug-likeness (QED) is 0.818. The van der Waals surface area contributed by atoms with Crippen molar-refractivity contribution in [2.45, 2.75) is 17.1 Å². The van der Waals surface area contributed by atoms with Crippen molar-refractivity contribution in [2.75, 3.05) is 19.8 Å². The van der Waals surface area contributed by atoms with Gasteiger partial charge in [0.1, 0.15) is 4.21 Å². The summed E-state index contributed by atoms with van der Waals surface area (Å²) in [4.78, 5) is 11.6. The summed E-state index contributed by atoms with van der Waals surface area (Å²) in [5, 5.41) is 1.69. The molecule has 1 aromatic heterocycles. The minimum absolute atomic E-state index is 0.0198. The average molecular weight is 304 g/mol. The Labute approximate surface area is 116 Å². The zero-order valence-corrected chi connectivity index (χ0v) is 11.9. The largest absolute Gasteiger partial charge is 0.381 e. The maximum atomic E-state index is 12.0. The van der Waals surface area contributed by atoms with Crippen LogP contribution < -0.4 is 10.5 Å². The molecular weight excluding hydrogens is 288 g/mol. The molecule has 0 aliphatic carbocycles. The van der Waals surface area contributed by atoms with Gasteiger partial charge in [0, 0.05) is 19.8 Å². The van der Waals surface area contributed by atoms with E-state index in [0.29, 0.717) is 26.1 Å². The van der Waals surface area contributed by atoms with Gasteiger partial charge in [-0.15, -0.1) is 11.3 Å². The van der Waals surface area contributed by atoms with Gasteiger partial charge in [0.25, 0.3) is 0 Å². The summed E-state index contributed by atoms with van der Waals surface area (Å²) >= 11 is 1.13. The lowest BCUT2D eigenvalue weighted by Gasteiger charge is -2.34. The summed E-state index contributed by atoms with van der Waals surface area (Å²) in [6, 6.07) is 3.19. The number of primary amides is 1. The number of nitrogens with two attached hydrogens (primary N) is 1. The summed E-state index contributed by atoms with van der Waals surface area (Å²) in [5.74, 6) is -0.482. The van der Waals surface area contributed by atoms with Crippen LogP contribution in [0, 0.1) is 5.41 Å². The first kappa shape index (κ1) is 14.4. The Hall–Kier alpha value is -0.960. The number of sulfonamides is 1. The molecule has 0 bridgehead atoms. The Morgan fingerprint density at radius 1 is 1.47 bits per heavy atom. The van der Waals surface area contributed by atoms with Gasteiger partial charge >= 0.3 is 0 Å². The number of ether oxygens (including phenoxy) is 1. The number of thiophene rings is 1. The number of hydrogen-bond acceptors (Lipinski definition) is 5. The number of hydrogen-bond donors (Lipinski definition) is 2. The van der Waals surface area contributed by atoms with E-state index in [2.05, 4.69) is 4.72 Å². The Balaban J connectivity index is 2.09. The molecule has 8 heteroatoms. The fourth-order valence-corrected chi connectivity index (χ4v) is 4.16. The van der Waals surface area contributed by atoms with Gasteiger partial charge in [-0.2, -0.15) is 0 Å². The molecule has 1 aliphatic heterocycles. The monoisotopic (exact) mass is 304 g/mol. The Bertz CT molecular complexity index is 533. The van der Waals surface area contributed by atoms with Crippen LogP contribution in [0.1, 0.15) is 12.8 Å². The second-order valence-electron chi connectivity index (χ2n) is 4.51. The van der Waals surface area contributed by atoms with Gasteiger partial charge in [0.2, 0.25) is 15.9 Å². The second kappa shape index (κ2) is 5.58. The lowest BCUT2D eigenvalue weighted by atomic mass is 9.80. The van der Waals surface area contributed by atoms with E-state index >= 15 is 0 Å². The lowest BCUT2D eigenvalue weighted by molar-refractivity contribution is -0.132. The van der Waals surface area contributed by atoms with E-state index in [-0.39, 0.29) is 10.8 Å². The zero-order valence-electron chi connectivity index (χ0n) is 10.3. The Morgan fingerprint density at radius 2 is 2.16 bits per heavy atom. The molecule has 1 amide bonds. The van der Waals surface area contributed by atoms with Crippen molar-refractivity contribution in [2.24, 2.45) is 11.1 Å². The molecule has 0 spiro atoms. The van der Waals surface area contributed by atoms with Crippen molar-refractivity contribution >= 4 is 27.3 Å². The predicted molar refractivity (Wildman–Crippen MR) is 71.2 cm³/mol. The third-order valence-corrected chi connectivity index (χ3v) is 6.13. The highest BCUT2D eigenvalue weighted by atomic mass is 32.2. The number of amides is 1. The van der Waals surface area contributed by atoms with Crippen LogP contribution in [0.15, 0.2) is 21.7 Å². The van der Waals surface area contributed by atoms with E-state index in [4.69, 9.17) is 10.5 Å². The number of carbonyl (C=O) groups excluding carboxylic acids is 1. The summed E-state index contributed by atoms with van der Waals surface area (Å²) in [6.07, 6.45) is 0.880. The molecule has 19 heavy (non-hydrogen) atoms. The van der Waals surface area contributed by atoms with E-state index in [0.717, 1.165) is 11.3 Å². The smallest absolute Gasteiger partial charge is 0.250 e. The fraction of sp³-hybridized carbons (Fsp3) is 0.545.